The van der Waals surface area contributed by atoms with Crippen LogP contribution in [0.3, 0.4) is 0 Å². The van der Waals surface area contributed by atoms with Crippen molar-refractivity contribution < 1.29 is 13.2 Å². The van der Waals surface area contributed by atoms with Crippen molar-refractivity contribution in [3.63, 3.8) is 0 Å². The smallest absolute Gasteiger partial charge is 0.317 e. The van der Waals surface area contributed by atoms with E-state index in [1.807, 2.05) is 0 Å². The van der Waals surface area contributed by atoms with Crippen molar-refractivity contribution in [2.24, 2.45) is 5.92 Å². The number of hydrogen-bond acceptors (Lipinski definition) is 3. The summed E-state index contributed by atoms with van der Waals surface area (Å²) in [6, 6.07) is 8.38. The highest BCUT2D eigenvalue weighted by Gasteiger charge is 2.30. The molecule has 6 nitrogen and oxygen atoms in total. The Bertz CT molecular complexity index is 649. The Kier molecular flexibility index (Phi) is 5.40. The van der Waals surface area contributed by atoms with Crippen molar-refractivity contribution in [1.29, 1.82) is 0 Å². The Balaban J connectivity index is 1.51. The molecule has 1 saturated carbocycles. The summed E-state index contributed by atoms with van der Waals surface area (Å²) >= 11 is 0. The fraction of sp³-hybridized carbons (Fsp3) is 0.588. The van der Waals surface area contributed by atoms with Crippen molar-refractivity contribution in [2.45, 2.75) is 30.6 Å². The van der Waals surface area contributed by atoms with Gasteiger partial charge in [-0.05, 0) is 30.9 Å². The van der Waals surface area contributed by atoms with Crippen molar-refractivity contribution in [1.82, 2.24) is 14.5 Å². The van der Waals surface area contributed by atoms with Gasteiger partial charge in [0.25, 0.3) is 0 Å². The van der Waals surface area contributed by atoms with Crippen LogP contribution in [0.25, 0.3) is 0 Å². The second-order valence-corrected chi connectivity index (χ2v) is 8.48. The van der Waals surface area contributed by atoms with E-state index in [0.29, 0.717) is 37.0 Å². The first-order valence-electron chi connectivity index (χ1n) is 8.65. The summed E-state index contributed by atoms with van der Waals surface area (Å²) in [5, 5.41) is 3.00. The van der Waals surface area contributed by atoms with Crippen molar-refractivity contribution >= 4 is 16.1 Å². The van der Waals surface area contributed by atoms with Gasteiger partial charge in [0, 0.05) is 32.7 Å². The Hall–Kier alpha value is -1.60. The zero-order valence-electron chi connectivity index (χ0n) is 13.9. The minimum absolute atomic E-state index is 0.0707. The summed E-state index contributed by atoms with van der Waals surface area (Å²) in [4.78, 5) is 14.3. The molecule has 1 N–H and O–H groups in total. The monoisotopic (exact) mass is 351 g/mol. The predicted octanol–water partition coefficient (Wildman–Crippen LogP) is 1.89. The molecular formula is C17H25N3O3S. The van der Waals surface area contributed by atoms with E-state index in [2.05, 4.69) is 5.32 Å². The molecule has 132 valence electrons. The first-order valence-corrected chi connectivity index (χ1v) is 10.1. The zero-order valence-corrected chi connectivity index (χ0v) is 14.7. The Labute approximate surface area is 143 Å². The highest BCUT2D eigenvalue weighted by Crippen LogP contribution is 2.23. The minimum atomic E-state index is -3.46. The number of piperazine rings is 1. The van der Waals surface area contributed by atoms with Crippen LogP contribution in [0.2, 0.25) is 0 Å². The van der Waals surface area contributed by atoms with Gasteiger partial charge in [-0.15, -0.1) is 0 Å². The summed E-state index contributed by atoms with van der Waals surface area (Å²) in [5.41, 5.74) is 0. The van der Waals surface area contributed by atoms with Gasteiger partial charge in [-0.25, -0.2) is 13.2 Å². The van der Waals surface area contributed by atoms with E-state index in [-0.39, 0.29) is 6.03 Å². The third kappa shape index (κ3) is 3.89. The predicted molar refractivity (Wildman–Crippen MR) is 92.1 cm³/mol. The normalized spacial score (nSPS) is 20.2. The number of rotatable bonds is 4. The second kappa shape index (κ2) is 7.53. The molecule has 0 bridgehead atoms. The summed E-state index contributed by atoms with van der Waals surface area (Å²) in [7, 11) is -3.46. The molecule has 1 aromatic rings. The number of nitrogens with zero attached hydrogens (tertiary/aromatic N) is 2. The van der Waals surface area contributed by atoms with Gasteiger partial charge in [0.05, 0.1) is 4.90 Å². The Morgan fingerprint density at radius 3 is 2.29 bits per heavy atom. The van der Waals surface area contributed by atoms with Crippen molar-refractivity contribution in [2.75, 3.05) is 32.7 Å². The molecule has 24 heavy (non-hydrogen) atoms. The van der Waals surface area contributed by atoms with E-state index in [1.165, 1.54) is 30.0 Å². The molecule has 0 unspecified atom stereocenters. The fourth-order valence-electron chi connectivity index (χ4n) is 3.43. The van der Waals surface area contributed by atoms with Crippen LogP contribution in [0.4, 0.5) is 4.79 Å². The maximum Gasteiger partial charge on any atom is 0.317 e. The average molecular weight is 351 g/mol. The molecule has 0 atom stereocenters. The third-order valence-electron chi connectivity index (χ3n) is 4.92. The molecular weight excluding hydrogens is 326 g/mol. The van der Waals surface area contributed by atoms with E-state index < -0.39 is 10.0 Å². The number of urea groups is 1. The Morgan fingerprint density at radius 2 is 1.67 bits per heavy atom. The van der Waals surface area contributed by atoms with Gasteiger partial charge < -0.3 is 10.2 Å². The summed E-state index contributed by atoms with van der Waals surface area (Å²) < 4.78 is 26.6. The number of hydrogen-bond donors (Lipinski definition) is 1. The van der Waals surface area contributed by atoms with Crippen LogP contribution in [0, 0.1) is 5.92 Å². The highest BCUT2D eigenvalue weighted by molar-refractivity contribution is 7.89. The van der Waals surface area contributed by atoms with Crippen LogP contribution in [0.5, 0.6) is 0 Å². The van der Waals surface area contributed by atoms with E-state index in [4.69, 9.17) is 0 Å². The van der Waals surface area contributed by atoms with Crippen molar-refractivity contribution in [3.8, 4) is 0 Å². The maximum absolute atomic E-state index is 12.6. The number of carbonyl (C=O) groups excluding carboxylic acids is 1. The van der Waals surface area contributed by atoms with Gasteiger partial charge in [0.15, 0.2) is 0 Å². The lowest BCUT2D eigenvalue weighted by atomic mass is 10.1. The zero-order chi connectivity index (χ0) is 17.0. The van der Waals surface area contributed by atoms with E-state index >= 15 is 0 Å². The number of amides is 2. The van der Waals surface area contributed by atoms with Crippen LogP contribution in [-0.4, -0.2) is 56.4 Å². The first-order chi connectivity index (χ1) is 11.6. The molecule has 3 rings (SSSR count). The van der Waals surface area contributed by atoms with Crippen LogP contribution < -0.4 is 5.32 Å². The second-order valence-electron chi connectivity index (χ2n) is 6.54. The molecule has 1 heterocycles. The number of carbonyl (C=O) groups is 1. The van der Waals surface area contributed by atoms with E-state index in [9.17, 15) is 13.2 Å². The molecule has 1 saturated heterocycles. The number of sulfonamides is 1. The average Bonchev–Trinajstić information content (AvgIpc) is 3.14. The largest absolute Gasteiger partial charge is 0.338 e. The lowest BCUT2D eigenvalue weighted by Crippen LogP contribution is -2.53. The third-order valence-corrected chi connectivity index (χ3v) is 6.84. The van der Waals surface area contributed by atoms with E-state index in [1.54, 1.807) is 35.2 Å². The van der Waals surface area contributed by atoms with Crippen LogP contribution in [-0.2, 0) is 10.0 Å². The lowest BCUT2D eigenvalue weighted by molar-refractivity contribution is 0.171. The van der Waals surface area contributed by atoms with Gasteiger partial charge in [0.1, 0.15) is 0 Å². The first kappa shape index (κ1) is 17.2. The summed E-state index contributed by atoms with van der Waals surface area (Å²) in [6.07, 6.45) is 4.92. The van der Waals surface area contributed by atoms with Gasteiger partial charge in [-0.2, -0.15) is 4.31 Å². The molecule has 1 aromatic carbocycles. The molecule has 1 aliphatic heterocycles. The highest BCUT2D eigenvalue weighted by atomic mass is 32.2. The Morgan fingerprint density at radius 1 is 1.04 bits per heavy atom. The topological polar surface area (TPSA) is 69.7 Å². The molecule has 2 fully saturated rings. The standard InChI is InChI=1S/C17H25N3O3S/c21-17(18-14-15-6-4-5-7-15)19-10-12-20(13-11-19)24(22,23)16-8-2-1-3-9-16/h1-3,8-9,15H,4-7,10-14H2,(H,18,21). The minimum Gasteiger partial charge on any atom is -0.338 e. The lowest BCUT2D eigenvalue weighted by Gasteiger charge is -2.34. The van der Waals surface area contributed by atoms with Gasteiger partial charge in [-0.1, -0.05) is 31.0 Å². The molecule has 1 aliphatic carbocycles. The quantitative estimate of drug-likeness (QED) is 0.901. The fourth-order valence-corrected chi connectivity index (χ4v) is 4.87. The van der Waals surface area contributed by atoms with Crippen LogP contribution in [0.1, 0.15) is 25.7 Å². The van der Waals surface area contributed by atoms with Gasteiger partial charge in [-0.3, -0.25) is 0 Å². The molecule has 2 amide bonds. The van der Waals surface area contributed by atoms with Gasteiger partial charge in [0.2, 0.25) is 10.0 Å². The van der Waals surface area contributed by atoms with Gasteiger partial charge >= 0.3 is 6.03 Å². The number of nitrogens with one attached hydrogen (secondary N) is 1. The molecule has 7 heteroatoms. The van der Waals surface area contributed by atoms with Crippen LogP contribution in [0.15, 0.2) is 35.2 Å². The summed E-state index contributed by atoms with van der Waals surface area (Å²) in [6.45, 7) is 2.29. The van der Waals surface area contributed by atoms with E-state index in [0.717, 1.165) is 6.54 Å². The molecule has 2 aliphatic rings. The van der Waals surface area contributed by atoms with Crippen molar-refractivity contribution in [3.05, 3.63) is 30.3 Å². The molecule has 0 radical (unpaired) electrons. The van der Waals surface area contributed by atoms with Crippen LogP contribution >= 0.6 is 0 Å². The maximum atomic E-state index is 12.6. The molecule has 0 aromatic heterocycles. The SMILES string of the molecule is O=C(NCC1CCCC1)N1CCN(S(=O)(=O)c2ccccc2)CC1. The number of benzene rings is 1. The molecule has 0 spiro atoms. The summed E-state index contributed by atoms with van der Waals surface area (Å²) in [5.74, 6) is 0.605.